The zero-order chi connectivity index (χ0) is 22.2. The highest BCUT2D eigenvalue weighted by molar-refractivity contribution is 7.10. The Morgan fingerprint density at radius 3 is 1.84 bits per heavy atom. The van der Waals surface area contributed by atoms with E-state index < -0.39 is 0 Å². The number of rotatable bonds is 9. The number of nitrogens with zero attached hydrogens (tertiary/aromatic N) is 1. The van der Waals surface area contributed by atoms with E-state index in [-0.39, 0.29) is 5.92 Å². The highest BCUT2D eigenvalue weighted by Crippen LogP contribution is 2.38. The smallest absolute Gasteiger partial charge is 0.127 e. The summed E-state index contributed by atoms with van der Waals surface area (Å²) < 4.78 is 12.7. The molecule has 0 aliphatic rings. The van der Waals surface area contributed by atoms with Gasteiger partial charge in [-0.15, -0.1) is 11.3 Å². The summed E-state index contributed by atoms with van der Waals surface area (Å²) >= 11 is 1.61. The predicted molar refractivity (Wildman–Crippen MR) is 133 cm³/mol. The fourth-order valence-corrected chi connectivity index (χ4v) is 3.99. The van der Waals surface area contributed by atoms with Gasteiger partial charge in [0, 0.05) is 16.6 Å². The van der Waals surface area contributed by atoms with Crippen molar-refractivity contribution in [2.24, 2.45) is 0 Å². The molecule has 0 fully saturated rings. The molecular formula is C28H27NO2S. The fourth-order valence-electron chi connectivity index (χ4n) is 3.48. The number of thiazole rings is 1. The van der Waals surface area contributed by atoms with Crippen molar-refractivity contribution in [3.8, 4) is 11.5 Å². The molecule has 0 atom stereocenters. The Kier molecular flexibility index (Phi) is 7.36. The Morgan fingerprint density at radius 1 is 0.812 bits per heavy atom. The van der Waals surface area contributed by atoms with E-state index >= 15 is 0 Å². The molecule has 4 rings (SSSR count). The van der Waals surface area contributed by atoms with Gasteiger partial charge in [0.1, 0.15) is 24.7 Å². The lowest BCUT2D eigenvalue weighted by Crippen LogP contribution is -2.05. The third kappa shape index (κ3) is 5.86. The SMILES string of the molecule is CC(C)c1c(OCc2ccccc2)cc(/C=C/c2cncs2)cc1OCc1ccccc1. The number of ether oxygens (including phenoxy) is 2. The van der Waals surface area contributed by atoms with Gasteiger partial charge in [0.15, 0.2) is 0 Å². The van der Waals surface area contributed by atoms with E-state index in [1.807, 2.05) is 48.1 Å². The maximum absolute atomic E-state index is 6.33. The number of aromatic nitrogens is 1. The van der Waals surface area contributed by atoms with E-state index in [1.54, 1.807) is 11.3 Å². The summed E-state index contributed by atoms with van der Waals surface area (Å²) in [6.07, 6.45) is 6.02. The minimum atomic E-state index is 0.256. The number of benzene rings is 3. The third-order valence-corrected chi connectivity index (χ3v) is 5.81. The first-order valence-electron chi connectivity index (χ1n) is 10.8. The summed E-state index contributed by atoms with van der Waals surface area (Å²) in [4.78, 5) is 5.26. The van der Waals surface area contributed by atoms with Gasteiger partial charge in [0.25, 0.3) is 0 Å². The molecule has 3 nitrogen and oxygen atoms in total. The van der Waals surface area contributed by atoms with Crippen LogP contribution in [0.25, 0.3) is 12.2 Å². The van der Waals surface area contributed by atoms with Crippen molar-refractivity contribution in [3.63, 3.8) is 0 Å². The van der Waals surface area contributed by atoms with Crippen LogP contribution in [0.3, 0.4) is 0 Å². The van der Waals surface area contributed by atoms with Gasteiger partial charge in [-0.3, -0.25) is 4.98 Å². The number of hydrogen-bond donors (Lipinski definition) is 0. The summed E-state index contributed by atoms with van der Waals surface area (Å²) in [6, 6.07) is 24.7. The molecule has 0 unspecified atom stereocenters. The van der Waals surface area contributed by atoms with Crippen LogP contribution in [0.4, 0.5) is 0 Å². The molecule has 162 valence electrons. The van der Waals surface area contributed by atoms with Gasteiger partial charge in [-0.1, -0.05) is 80.6 Å². The second-order valence-corrected chi connectivity index (χ2v) is 8.79. The van der Waals surface area contributed by atoms with Crippen LogP contribution in [0.1, 0.15) is 46.9 Å². The van der Waals surface area contributed by atoms with Crippen molar-refractivity contribution in [3.05, 3.63) is 112 Å². The Bertz CT molecular complexity index is 1070. The lowest BCUT2D eigenvalue weighted by atomic mass is 9.98. The topological polar surface area (TPSA) is 31.4 Å². The third-order valence-electron chi connectivity index (χ3n) is 5.07. The van der Waals surface area contributed by atoms with Crippen LogP contribution in [-0.4, -0.2) is 4.98 Å². The molecule has 0 aliphatic carbocycles. The zero-order valence-corrected chi connectivity index (χ0v) is 19.2. The van der Waals surface area contributed by atoms with Crippen molar-refractivity contribution in [2.75, 3.05) is 0 Å². The van der Waals surface area contributed by atoms with Crippen molar-refractivity contribution >= 4 is 23.5 Å². The van der Waals surface area contributed by atoms with E-state index in [1.165, 1.54) is 0 Å². The van der Waals surface area contributed by atoms with E-state index in [0.717, 1.165) is 38.6 Å². The average Bonchev–Trinajstić information content (AvgIpc) is 3.35. The number of hydrogen-bond acceptors (Lipinski definition) is 4. The van der Waals surface area contributed by atoms with Crippen LogP contribution >= 0.6 is 11.3 Å². The fraction of sp³-hybridized carbons (Fsp3) is 0.179. The molecule has 0 radical (unpaired) electrons. The summed E-state index contributed by atoms with van der Waals surface area (Å²) in [5.41, 5.74) is 6.24. The predicted octanol–water partition coefficient (Wildman–Crippen LogP) is 7.59. The van der Waals surface area contributed by atoms with Gasteiger partial charge >= 0.3 is 0 Å². The molecule has 1 aromatic heterocycles. The highest BCUT2D eigenvalue weighted by atomic mass is 32.1. The van der Waals surface area contributed by atoms with Crippen LogP contribution in [0.15, 0.2) is 84.5 Å². The monoisotopic (exact) mass is 441 g/mol. The molecule has 4 heteroatoms. The van der Waals surface area contributed by atoms with Crippen LogP contribution < -0.4 is 9.47 Å². The average molecular weight is 442 g/mol. The Hall–Kier alpha value is -3.37. The van der Waals surface area contributed by atoms with Gasteiger partial charge in [-0.2, -0.15) is 0 Å². The molecule has 0 N–H and O–H groups in total. The molecule has 4 aromatic rings. The van der Waals surface area contributed by atoms with Crippen LogP contribution in [0.2, 0.25) is 0 Å². The van der Waals surface area contributed by atoms with Crippen molar-refractivity contribution < 1.29 is 9.47 Å². The molecule has 0 saturated carbocycles. The van der Waals surface area contributed by atoms with Gasteiger partial charge < -0.3 is 9.47 Å². The van der Waals surface area contributed by atoms with Gasteiger partial charge in [-0.05, 0) is 40.8 Å². The maximum atomic E-state index is 6.33. The Balaban J connectivity index is 1.66. The van der Waals surface area contributed by atoms with Crippen LogP contribution in [0.5, 0.6) is 11.5 Å². The Morgan fingerprint density at radius 2 is 1.38 bits per heavy atom. The van der Waals surface area contributed by atoms with Crippen LogP contribution in [-0.2, 0) is 13.2 Å². The molecule has 32 heavy (non-hydrogen) atoms. The van der Waals surface area contributed by atoms with E-state index in [9.17, 15) is 0 Å². The molecular weight excluding hydrogens is 414 g/mol. The van der Waals surface area contributed by atoms with Crippen molar-refractivity contribution in [1.82, 2.24) is 4.98 Å². The Labute approximate surface area is 194 Å². The molecule has 3 aromatic carbocycles. The lowest BCUT2D eigenvalue weighted by Gasteiger charge is -2.20. The summed E-state index contributed by atoms with van der Waals surface area (Å²) in [5.74, 6) is 1.97. The minimum absolute atomic E-state index is 0.256. The zero-order valence-electron chi connectivity index (χ0n) is 18.4. The molecule has 1 heterocycles. The minimum Gasteiger partial charge on any atom is -0.488 e. The largest absolute Gasteiger partial charge is 0.488 e. The molecule has 0 saturated heterocycles. The van der Waals surface area contributed by atoms with E-state index in [2.05, 4.69) is 67.4 Å². The molecule has 0 aliphatic heterocycles. The summed E-state index contributed by atoms with van der Waals surface area (Å²) in [5, 5.41) is 0. The lowest BCUT2D eigenvalue weighted by molar-refractivity contribution is 0.282. The van der Waals surface area contributed by atoms with Gasteiger partial charge in [-0.25, -0.2) is 0 Å². The first-order valence-corrected chi connectivity index (χ1v) is 11.6. The second-order valence-electron chi connectivity index (χ2n) is 7.87. The molecule has 0 amide bonds. The normalized spacial score (nSPS) is 11.2. The quantitative estimate of drug-likeness (QED) is 0.268. The van der Waals surface area contributed by atoms with Crippen LogP contribution in [0, 0.1) is 0 Å². The van der Waals surface area contributed by atoms with Gasteiger partial charge in [0.05, 0.1) is 5.51 Å². The molecule has 0 bridgehead atoms. The first kappa shape index (κ1) is 21.8. The van der Waals surface area contributed by atoms with Crippen molar-refractivity contribution in [2.45, 2.75) is 33.0 Å². The standard InChI is InChI=1S/C28H27NO2S/c1-21(2)28-26(30-18-22-9-5-3-6-10-22)15-24(13-14-25-17-29-20-32-25)16-27(28)31-19-23-11-7-4-8-12-23/h3-17,20-21H,18-19H2,1-2H3/b14-13+. The van der Waals surface area contributed by atoms with E-state index in [4.69, 9.17) is 9.47 Å². The second kappa shape index (κ2) is 10.8. The van der Waals surface area contributed by atoms with Crippen molar-refractivity contribution in [1.29, 1.82) is 0 Å². The van der Waals surface area contributed by atoms with Gasteiger partial charge in [0.2, 0.25) is 0 Å². The maximum Gasteiger partial charge on any atom is 0.127 e. The first-order chi connectivity index (χ1) is 15.7. The molecule has 0 spiro atoms. The summed E-state index contributed by atoms with van der Waals surface area (Å²) in [6.45, 7) is 5.38. The highest BCUT2D eigenvalue weighted by Gasteiger charge is 2.17. The summed E-state index contributed by atoms with van der Waals surface area (Å²) in [7, 11) is 0. The van der Waals surface area contributed by atoms with E-state index in [0.29, 0.717) is 13.2 Å².